The van der Waals surface area contributed by atoms with Crippen molar-refractivity contribution in [3.63, 3.8) is 0 Å². The van der Waals surface area contributed by atoms with Crippen LogP contribution in [0.2, 0.25) is 0 Å². The second-order valence-electron chi connectivity index (χ2n) is 0.612. The van der Waals surface area contributed by atoms with Crippen LogP contribution >= 0.6 is 0 Å². The smallest absolute Gasteiger partial charge is 0.0701 e. The largest absolute Gasteiger partial charge is 0.377 e. The van der Waals surface area contributed by atoms with Crippen molar-refractivity contribution >= 4 is 8.41 Å². The van der Waals surface area contributed by atoms with Crippen molar-refractivity contribution in [1.82, 2.24) is 0 Å². The van der Waals surface area contributed by atoms with E-state index in [0.29, 0.717) is 0 Å². The fourth-order valence-electron chi connectivity index (χ4n) is 0. The molecule has 0 atom stereocenters. The second-order valence-corrected chi connectivity index (χ2v) is 0.612. The molecule has 1 rings (SSSR count). The lowest BCUT2D eigenvalue weighted by Crippen LogP contribution is -1.20. The molecule has 0 N–H and O–H groups in total. The fraction of sp³-hybridized carbons (Fsp3) is 0.429. The summed E-state index contributed by atoms with van der Waals surface area (Å²) in [5.74, 6) is 0. The monoisotopic (exact) mass is 130 g/mol. The number of hydrogen-bond acceptors (Lipinski definition) is 1. The Morgan fingerprint density at radius 2 is 1.11 bits per heavy atom. The Balaban J connectivity index is -0.0000000113. The number of ether oxygens (including phenoxy) is 1. The minimum absolute atomic E-state index is 0. The summed E-state index contributed by atoms with van der Waals surface area (Å²) in [6.07, 6.45) is 0. The Hall–Kier alpha value is -0.495. The molecule has 1 aliphatic rings. The predicted molar refractivity (Wildman–Crippen MR) is 47.9 cm³/mol. The highest BCUT2D eigenvalue weighted by molar-refractivity contribution is 5.75. The van der Waals surface area contributed by atoms with Gasteiger partial charge in [0.15, 0.2) is 0 Å². The van der Waals surface area contributed by atoms with Crippen LogP contribution in [-0.2, 0) is 4.74 Å². The van der Waals surface area contributed by atoms with E-state index >= 15 is 0 Å². The van der Waals surface area contributed by atoms with Crippen molar-refractivity contribution in [1.29, 1.82) is 0 Å². The van der Waals surface area contributed by atoms with Gasteiger partial charge in [0, 0.05) is 9.84 Å². The zero-order valence-electron chi connectivity index (χ0n) is 5.23. The molecule has 0 spiro atoms. The highest BCUT2D eigenvalue weighted by atomic mass is 16.6. The van der Waals surface area contributed by atoms with Gasteiger partial charge in [-0.3, -0.25) is 0 Å². The van der Waals surface area contributed by atoms with Gasteiger partial charge in [0.05, 0.1) is 13.2 Å². The van der Waals surface area contributed by atoms with E-state index in [2.05, 4.69) is 31.1 Å². The maximum Gasteiger partial charge on any atom is 0.0701 e. The zero-order valence-corrected chi connectivity index (χ0v) is 5.23. The van der Waals surface area contributed by atoms with Gasteiger partial charge in [-0.15, -0.1) is 26.3 Å². The second kappa shape index (κ2) is 50.6. The molecule has 0 aromatic carbocycles. The zero-order chi connectivity index (χ0) is 6.12. The van der Waals surface area contributed by atoms with Crippen LogP contribution in [0.15, 0.2) is 26.3 Å². The highest BCUT2D eigenvalue weighted by Gasteiger charge is 1.94. The van der Waals surface area contributed by atoms with Gasteiger partial charge in [0.2, 0.25) is 0 Å². The van der Waals surface area contributed by atoms with Gasteiger partial charge in [0.25, 0.3) is 0 Å². The summed E-state index contributed by atoms with van der Waals surface area (Å²) in [6.45, 7) is 14.0. The molecule has 1 nitrogen and oxygen atoms in total. The van der Waals surface area contributed by atoms with Gasteiger partial charge in [-0.05, 0) is 0 Å². The van der Waals surface area contributed by atoms with Gasteiger partial charge < -0.3 is 4.74 Å². The van der Waals surface area contributed by atoms with E-state index in [4.69, 9.17) is 0 Å². The first-order valence-electron chi connectivity index (χ1n) is 2.08. The van der Waals surface area contributed by atoms with Gasteiger partial charge in [-0.25, -0.2) is 0 Å². The lowest BCUT2D eigenvalue weighted by molar-refractivity contribution is 0.475. The van der Waals surface area contributed by atoms with E-state index < -0.39 is 0 Å². The summed E-state index contributed by atoms with van der Waals surface area (Å²) >= 11 is 0. The molecule has 1 fully saturated rings. The quantitative estimate of drug-likeness (QED) is 0.278. The van der Waals surface area contributed by atoms with E-state index in [1.807, 2.05) is 0 Å². The van der Waals surface area contributed by atoms with Gasteiger partial charge in [-0.2, -0.15) is 0 Å². The van der Waals surface area contributed by atoms with E-state index in [1.54, 1.807) is 0 Å². The first kappa shape index (κ1) is 23.6. The van der Waals surface area contributed by atoms with Crippen LogP contribution in [0.25, 0.3) is 0 Å². The van der Waals surface area contributed by atoms with E-state index in [0.717, 1.165) is 13.2 Å². The average molecular weight is 130 g/mol. The number of hydrogen-bond donors (Lipinski definition) is 0. The molecule has 2 heteroatoms. The molecule has 3 radical (unpaired) electrons. The third-order valence-corrected chi connectivity index (χ3v) is 0.204. The Bertz CT molecular complexity index is 30.0. The lowest BCUT2D eigenvalue weighted by Gasteiger charge is -1.24. The van der Waals surface area contributed by atoms with Crippen molar-refractivity contribution in [2.45, 2.75) is 7.43 Å². The molecular weight excluding hydrogens is 111 g/mol. The van der Waals surface area contributed by atoms with Crippen LogP contribution in [0.5, 0.6) is 0 Å². The summed E-state index contributed by atoms with van der Waals surface area (Å²) in [5.41, 5.74) is 0. The Kier molecular flexibility index (Phi) is 133. The average Bonchev–Trinajstić information content (AvgIpc) is 2.58. The molecule has 1 heterocycles. The molecule has 0 bridgehead atoms. The van der Waals surface area contributed by atoms with E-state index in [9.17, 15) is 0 Å². The molecule has 0 saturated carbocycles. The Morgan fingerprint density at radius 3 is 1.11 bits per heavy atom. The molecule has 0 aliphatic carbocycles. The minimum atomic E-state index is 0. The topological polar surface area (TPSA) is 12.5 Å². The van der Waals surface area contributed by atoms with Crippen LogP contribution in [0.1, 0.15) is 8.85 Å². The molecule has 1 saturated heterocycles. The molecule has 0 unspecified atom stereocenters. The molecule has 0 aromatic heterocycles. The van der Waals surface area contributed by atoms with Crippen molar-refractivity contribution in [3.8, 4) is 0 Å². The predicted octanol–water partition coefficient (Wildman–Crippen LogP) is 2.12. The van der Waals surface area contributed by atoms with Crippen LogP contribution in [-0.4, -0.2) is 21.6 Å². The Labute approximate surface area is 62.5 Å². The van der Waals surface area contributed by atoms with Crippen molar-refractivity contribution in [2.75, 3.05) is 13.2 Å². The third kappa shape index (κ3) is 892. The number of rotatable bonds is 0. The SMILES string of the molecule is C.C1CO1.C=C.C=C.[2HH].[B]. The number of epoxide rings is 1. The summed E-state index contributed by atoms with van der Waals surface area (Å²) in [7, 11) is 0. The minimum Gasteiger partial charge on any atom is -0.377 e. The van der Waals surface area contributed by atoms with Crippen molar-refractivity contribution in [2.24, 2.45) is 0 Å². The van der Waals surface area contributed by atoms with Crippen molar-refractivity contribution in [3.05, 3.63) is 26.3 Å². The highest BCUT2D eigenvalue weighted by Crippen LogP contribution is 1.84. The van der Waals surface area contributed by atoms with Crippen LogP contribution in [0.3, 0.4) is 0 Å². The van der Waals surface area contributed by atoms with Crippen LogP contribution in [0.4, 0.5) is 0 Å². The molecule has 9 heavy (non-hydrogen) atoms. The molecule has 1 aliphatic heterocycles. The van der Waals surface area contributed by atoms with Crippen LogP contribution in [0, 0.1) is 0 Å². The normalized spacial score (nSPS) is 8.89. The van der Waals surface area contributed by atoms with E-state index in [-0.39, 0.29) is 17.3 Å². The van der Waals surface area contributed by atoms with E-state index in [1.165, 1.54) is 0 Å². The molecule has 0 amide bonds. The maximum absolute atomic E-state index is 4.50. The third-order valence-electron chi connectivity index (χ3n) is 0.204. The summed E-state index contributed by atoms with van der Waals surface area (Å²) < 4.78 is 4.50. The van der Waals surface area contributed by atoms with Gasteiger partial charge in [0.1, 0.15) is 0 Å². The Morgan fingerprint density at radius 1 is 1.00 bits per heavy atom. The first-order chi connectivity index (χ1) is 3.50. The fourth-order valence-corrected chi connectivity index (χ4v) is 0. The van der Waals surface area contributed by atoms with Gasteiger partial charge >= 0.3 is 0 Å². The first-order valence-corrected chi connectivity index (χ1v) is 2.08. The summed E-state index contributed by atoms with van der Waals surface area (Å²) in [6, 6.07) is 0. The summed E-state index contributed by atoms with van der Waals surface area (Å²) in [4.78, 5) is 0. The molecule has 0 aromatic rings. The summed E-state index contributed by atoms with van der Waals surface area (Å²) in [5, 5.41) is 0. The van der Waals surface area contributed by atoms with Crippen molar-refractivity contribution < 1.29 is 6.16 Å². The maximum atomic E-state index is 4.50. The standard InChI is InChI=1S/C2H4O.2C2H4.CH4.B.H2/c1-2-3-1;2*1-2;;;/h1-2H2;2*1-2H2;1H4;;1H/i;;;;;1+1. The lowest BCUT2D eigenvalue weighted by atomic mass is 10.8. The molecular formula is C7H18BO. The van der Waals surface area contributed by atoms with Gasteiger partial charge in [-0.1, -0.05) is 7.43 Å². The molecule has 55 valence electrons. The van der Waals surface area contributed by atoms with Crippen LogP contribution < -0.4 is 0 Å².